The summed E-state index contributed by atoms with van der Waals surface area (Å²) in [4.78, 5) is 0. The van der Waals surface area contributed by atoms with Gasteiger partial charge in [0.15, 0.2) is 0 Å². The van der Waals surface area contributed by atoms with E-state index in [0.717, 1.165) is 15.6 Å². The third-order valence-corrected chi connectivity index (χ3v) is 4.25. The van der Waals surface area contributed by atoms with Crippen molar-refractivity contribution in [2.24, 2.45) is 0 Å². The van der Waals surface area contributed by atoms with Crippen molar-refractivity contribution in [1.29, 1.82) is 0 Å². The van der Waals surface area contributed by atoms with E-state index in [9.17, 15) is 9.50 Å². The summed E-state index contributed by atoms with van der Waals surface area (Å²) in [5.74, 6) is -0.461. The van der Waals surface area contributed by atoms with E-state index in [-0.39, 0.29) is 5.02 Å². The van der Waals surface area contributed by atoms with Crippen molar-refractivity contribution in [2.75, 3.05) is 0 Å². The molecule has 2 aromatic rings. The van der Waals surface area contributed by atoms with E-state index in [2.05, 4.69) is 15.9 Å². The molecule has 1 atom stereocenters. The maximum absolute atomic E-state index is 13.4. The summed E-state index contributed by atoms with van der Waals surface area (Å²) in [6.07, 6.45) is -0.316. The van der Waals surface area contributed by atoms with E-state index >= 15 is 0 Å². The number of halogens is 3. The third kappa shape index (κ3) is 3.35. The van der Waals surface area contributed by atoms with Crippen LogP contribution in [-0.2, 0) is 6.42 Å². The second-order valence-electron chi connectivity index (χ2n) is 4.42. The summed E-state index contributed by atoms with van der Waals surface area (Å²) in [7, 11) is 0. The molecule has 0 radical (unpaired) electrons. The van der Waals surface area contributed by atoms with E-state index in [0.29, 0.717) is 12.0 Å². The Balaban J connectivity index is 2.23. The average molecular weight is 344 g/mol. The van der Waals surface area contributed by atoms with Gasteiger partial charge in [0, 0.05) is 10.9 Å². The molecule has 0 aromatic heterocycles. The molecule has 0 spiro atoms. The third-order valence-electron chi connectivity index (χ3n) is 3.08. The first kappa shape index (κ1) is 14.5. The van der Waals surface area contributed by atoms with Gasteiger partial charge in [-0.15, -0.1) is 0 Å². The van der Waals surface area contributed by atoms with Crippen LogP contribution in [0.5, 0.6) is 0 Å². The Morgan fingerprint density at radius 2 is 2.05 bits per heavy atom. The number of rotatable bonds is 3. The average Bonchev–Trinajstić information content (AvgIpc) is 2.37. The monoisotopic (exact) mass is 342 g/mol. The molecule has 0 aliphatic heterocycles. The zero-order valence-electron chi connectivity index (χ0n) is 10.3. The van der Waals surface area contributed by atoms with E-state index < -0.39 is 11.9 Å². The summed E-state index contributed by atoms with van der Waals surface area (Å²) in [5, 5.41) is 10.4. The van der Waals surface area contributed by atoms with Crippen LogP contribution < -0.4 is 0 Å². The second kappa shape index (κ2) is 6.04. The van der Waals surface area contributed by atoms with Crippen LogP contribution in [0.3, 0.4) is 0 Å². The lowest BCUT2D eigenvalue weighted by Gasteiger charge is -2.15. The van der Waals surface area contributed by atoms with Crippen LogP contribution in [0.15, 0.2) is 40.9 Å². The molecule has 2 aromatic carbocycles. The molecule has 0 amide bonds. The fraction of sp³-hybridized carbons (Fsp3) is 0.200. The maximum Gasteiger partial charge on any atom is 0.142 e. The first-order valence-electron chi connectivity index (χ1n) is 5.86. The molecule has 0 saturated carbocycles. The van der Waals surface area contributed by atoms with E-state index in [1.54, 1.807) is 6.07 Å². The Morgan fingerprint density at radius 1 is 1.32 bits per heavy atom. The van der Waals surface area contributed by atoms with Crippen LogP contribution >= 0.6 is 27.5 Å². The Hall–Kier alpha value is -0.900. The van der Waals surface area contributed by atoms with Gasteiger partial charge in [-0.2, -0.15) is 0 Å². The van der Waals surface area contributed by atoms with Gasteiger partial charge in [-0.3, -0.25) is 0 Å². The number of aliphatic hydroxyl groups is 1. The van der Waals surface area contributed by atoms with Crippen LogP contribution in [-0.4, -0.2) is 5.11 Å². The second-order valence-corrected chi connectivity index (χ2v) is 5.68. The molecule has 19 heavy (non-hydrogen) atoms. The number of hydrogen-bond donors (Lipinski definition) is 1. The lowest BCUT2D eigenvalue weighted by atomic mass is 9.98. The standard InChI is InChI=1S/C15H13BrClFO/c1-9-11(3-2-4-12(9)16)15(19)8-10-5-6-13(17)14(18)7-10/h2-7,15,19H,8H2,1H3. The normalized spacial score (nSPS) is 12.5. The van der Waals surface area contributed by atoms with Crippen LogP contribution in [0, 0.1) is 12.7 Å². The Kier molecular flexibility index (Phi) is 4.61. The Morgan fingerprint density at radius 3 is 2.74 bits per heavy atom. The van der Waals surface area contributed by atoms with Crippen LogP contribution in [0.2, 0.25) is 5.02 Å². The molecule has 4 heteroatoms. The van der Waals surface area contributed by atoms with Crippen molar-refractivity contribution in [3.05, 3.63) is 68.4 Å². The largest absolute Gasteiger partial charge is 0.388 e. The Bertz CT molecular complexity index is 601. The van der Waals surface area contributed by atoms with Gasteiger partial charge in [0.1, 0.15) is 5.82 Å². The molecule has 0 bridgehead atoms. The van der Waals surface area contributed by atoms with Crippen molar-refractivity contribution in [3.8, 4) is 0 Å². The predicted octanol–water partition coefficient (Wildman–Crippen LogP) is 4.83. The minimum Gasteiger partial charge on any atom is -0.388 e. The molecule has 1 nitrogen and oxygen atoms in total. The van der Waals surface area contributed by atoms with Gasteiger partial charge in [0.05, 0.1) is 11.1 Å². The number of aliphatic hydroxyl groups excluding tert-OH is 1. The topological polar surface area (TPSA) is 20.2 Å². The summed E-state index contributed by atoms with van der Waals surface area (Å²) < 4.78 is 14.3. The highest BCUT2D eigenvalue weighted by Gasteiger charge is 2.13. The zero-order valence-corrected chi connectivity index (χ0v) is 12.7. The van der Waals surface area contributed by atoms with Gasteiger partial charge in [-0.25, -0.2) is 4.39 Å². The highest BCUT2D eigenvalue weighted by molar-refractivity contribution is 9.10. The molecule has 0 fully saturated rings. The van der Waals surface area contributed by atoms with Gasteiger partial charge in [-0.1, -0.05) is 45.7 Å². The van der Waals surface area contributed by atoms with Crippen molar-refractivity contribution in [3.63, 3.8) is 0 Å². The molecule has 0 aliphatic rings. The van der Waals surface area contributed by atoms with Gasteiger partial charge < -0.3 is 5.11 Å². The zero-order chi connectivity index (χ0) is 14.0. The summed E-state index contributed by atoms with van der Waals surface area (Å²) in [6, 6.07) is 10.3. The van der Waals surface area contributed by atoms with Crippen LogP contribution in [0.4, 0.5) is 4.39 Å². The van der Waals surface area contributed by atoms with Crippen molar-refractivity contribution in [2.45, 2.75) is 19.4 Å². The molecular weight excluding hydrogens is 331 g/mol. The van der Waals surface area contributed by atoms with Gasteiger partial charge in [0.25, 0.3) is 0 Å². The summed E-state index contributed by atoms with van der Waals surface area (Å²) in [6.45, 7) is 1.94. The summed E-state index contributed by atoms with van der Waals surface area (Å²) >= 11 is 9.07. The van der Waals surface area contributed by atoms with Crippen molar-refractivity contribution >= 4 is 27.5 Å². The van der Waals surface area contributed by atoms with E-state index in [1.165, 1.54) is 12.1 Å². The smallest absolute Gasteiger partial charge is 0.142 e. The molecular formula is C15H13BrClFO. The highest BCUT2D eigenvalue weighted by Crippen LogP contribution is 2.27. The van der Waals surface area contributed by atoms with Crippen molar-refractivity contribution < 1.29 is 9.50 Å². The fourth-order valence-electron chi connectivity index (χ4n) is 1.98. The molecule has 1 unspecified atom stereocenters. The SMILES string of the molecule is Cc1c(Br)cccc1C(O)Cc1ccc(Cl)c(F)c1. The molecule has 2 rings (SSSR count). The first-order chi connectivity index (χ1) is 8.99. The minimum absolute atomic E-state index is 0.0943. The van der Waals surface area contributed by atoms with Gasteiger partial charge in [0.2, 0.25) is 0 Å². The number of benzene rings is 2. The van der Waals surface area contributed by atoms with Gasteiger partial charge in [-0.05, 0) is 41.8 Å². The summed E-state index contributed by atoms with van der Waals surface area (Å²) in [5.41, 5.74) is 2.54. The quantitative estimate of drug-likeness (QED) is 0.846. The number of hydrogen-bond acceptors (Lipinski definition) is 1. The molecule has 100 valence electrons. The van der Waals surface area contributed by atoms with E-state index in [1.807, 2.05) is 25.1 Å². The highest BCUT2D eigenvalue weighted by atomic mass is 79.9. The minimum atomic E-state index is -0.668. The van der Waals surface area contributed by atoms with E-state index in [4.69, 9.17) is 11.6 Å². The Labute approximate surface area is 125 Å². The molecule has 0 aliphatic carbocycles. The molecule has 1 N–H and O–H groups in total. The maximum atomic E-state index is 13.4. The lowest BCUT2D eigenvalue weighted by molar-refractivity contribution is 0.177. The van der Waals surface area contributed by atoms with Crippen LogP contribution in [0.1, 0.15) is 22.8 Å². The lowest BCUT2D eigenvalue weighted by Crippen LogP contribution is -2.04. The molecule has 0 saturated heterocycles. The van der Waals surface area contributed by atoms with Gasteiger partial charge >= 0.3 is 0 Å². The van der Waals surface area contributed by atoms with Crippen LogP contribution in [0.25, 0.3) is 0 Å². The molecule has 0 heterocycles. The first-order valence-corrected chi connectivity index (χ1v) is 7.03. The van der Waals surface area contributed by atoms with Crippen molar-refractivity contribution in [1.82, 2.24) is 0 Å². The predicted molar refractivity (Wildman–Crippen MR) is 79.0 cm³/mol. The fourth-order valence-corrected chi connectivity index (χ4v) is 2.48.